The Balaban J connectivity index is 2.25. The van der Waals surface area contributed by atoms with E-state index in [1.165, 1.54) is 11.3 Å². The number of carbonyl (C=O) groups excluding carboxylic acids is 2. The van der Waals surface area contributed by atoms with Crippen molar-refractivity contribution < 1.29 is 14.3 Å². The Morgan fingerprint density at radius 1 is 1.53 bits per heavy atom. The molecule has 1 N–H and O–H groups in total. The molecule has 0 aliphatic carbocycles. The zero-order chi connectivity index (χ0) is 14.1. The lowest BCUT2D eigenvalue weighted by atomic mass is 10.1. The van der Waals surface area contributed by atoms with E-state index in [1.807, 2.05) is 6.92 Å². The van der Waals surface area contributed by atoms with Gasteiger partial charge in [-0.2, -0.15) is 0 Å². The highest BCUT2D eigenvalue weighted by atomic mass is 127. The van der Waals surface area contributed by atoms with Crippen LogP contribution in [0.15, 0.2) is 12.1 Å². The van der Waals surface area contributed by atoms with Crippen molar-refractivity contribution in [1.29, 1.82) is 0 Å². The Kier molecular flexibility index (Phi) is 8.24. The predicted octanol–water partition coefficient (Wildman–Crippen LogP) is 3.26. The maximum Gasteiger partial charge on any atom is 0.261 e. The van der Waals surface area contributed by atoms with E-state index in [0.717, 1.165) is 36.8 Å². The van der Waals surface area contributed by atoms with Crippen LogP contribution in [-0.4, -0.2) is 29.5 Å². The summed E-state index contributed by atoms with van der Waals surface area (Å²) in [5.41, 5.74) is 0. The molecule has 0 unspecified atom stereocenters. The summed E-state index contributed by atoms with van der Waals surface area (Å²) in [6, 6.07) is 3.48. The number of alkyl halides is 1. The predicted molar refractivity (Wildman–Crippen MR) is 85.3 cm³/mol. The molecule has 0 saturated carbocycles. The topological polar surface area (TPSA) is 55.4 Å². The third-order valence-corrected chi connectivity index (χ3v) is 4.05. The third-order valence-electron chi connectivity index (χ3n) is 2.60. The first-order chi connectivity index (χ1) is 9.17. The number of aldehydes is 1. The van der Waals surface area contributed by atoms with Crippen LogP contribution in [0.3, 0.4) is 0 Å². The zero-order valence-electron chi connectivity index (χ0n) is 10.9. The summed E-state index contributed by atoms with van der Waals surface area (Å²) in [5.74, 6) is -0.103. The number of unbranched alkanes of at least 4 members (excludes halogenated alkanes) is 1. The lowest BCUT2D eigenvalue weighted by Crippen LogP contribution is -2.31. The van der Waals surface area contributed by atoms with Gasteiger partial charge in [0, 0.05) is 12.6 Å². The Morgan fingerprint density at radius 3 is 2.95 bits per heavy atom. The molecule has 4 nitrogen and oxygen atoms in total. The van der Waals surface area contributed by atoms with Gasteiger partial charge in [0.05, 0.1) is 14.4 Å². The van der Waals surface area contributed by atoms with Crippen molar-refractivity contribution in [2.45, 2.75) is 32.2 Å². The van der Waals surface area contributed by atoms with E-state index >= 15 is 0 Å². The highest BCUT2D eigenvalue weighted by molar-refractivity contribution is 14.1. The van der Waals surface area contributed by atoms with E-state index in [9.17, 15) is 9.59 Å². The maximum absolute atomic E-state index is 11.9. The summed E-state index contributed by atoms with van der Waals surface area (Å²) >= 11 is 3.39. The van der Waals surface area contributed by atoms with Crippen molar-refractivity contribution in [2.75, 3.05) is 11.2 Å². The Morgan fingerprint density at radius 2 is 2.32 bits per heavy atom. The van der Waals surface area contributed by atoms with Gasteiger partial charge in [-0.15, -0.1) is 11.3 Å². The number of nitrogens with one attached hydrogen (secondary N) is 1. The third kappa shape index (κ3) is 6.49. The van der Waals surface area contributed by atoms with E-state index in [1.54, 1.807) is 12.1 Å². The van der Waals surface area contributed by atoms with Gasteiger partial charge in [-0.25, -0.2) is 0 Å². The molecule has 0 bridgehead atoms. The second-order valence-corrected chi connectivity index (χ2v) is 5.95. The van der Waals surface area contributed by atoms with Gasteiger partial charge in [0.1, 0.15) is 0 Å². The van der Waals surface area contributed by atoms with Gasteiger partial charge in [-0.1, -0.05) is 22.6 Å². The van der Waals surface area contributed by atoms with Gasteiger partial charge in [0.25, 0.3) is 5.91 Å². The Bertz CT molecular complexity index is 408. The Hall–Kier alpha value is -0.470. The first-order valence-corrected chi connectivity index (χ1v) is 8.51. The molecule has 1 heterocycles. The van der Waals surface area contributed by atoms with Gasteiger partial charge in [-0.3, -0.25) is 9.59 Å². The molecule has 106 valence electrons. The number of thiophene rings is 1. The van der Waals surface area contributed by atoms with Crippen LogP contribution in [0.2, 0.25) is 0 Å². The SMILES string of the molecule is C[C@H](CCCCOCI)NC(=O)c1ccc(C=O)s1. The molecule has 1 rings (SSSR count). The summed E-state index contributed by atoms with van der Waals surface area (Å²) in [5, 5.41) is 2.94. The molecule has 1 amide bonds. The number of carbonyl (C=O) groups is 2. The van der Waals surface area contributed by atoms with Gasteiger partial charge < -0.3 is 10.1 Å². The van der Waals surface area contributed by atoms with Crippen molar-refractivity contribution >= 4 is 46.1 Å². The molecule has 1 aromatic heterocycles. The summed E-state index contributed by atoms with van der Waals surface area (Å²) in [7, 11) is 0. The van der Waals surface area contributed by atoms with E-state index in [2.05, 4.69) is 27.9 Å². The maximum atomic E-state index is 11.9. The molecule has 0 aliphatic rings. The highest BCUT2D eigenvalue weighted by Gasteiger charge is 2.11. The van der Waals surface area contributed by atoms with E-state index in [4.69, 9.17) is 4.74 Å². The van der Waals surface area contributed by atoms with Crippen LogP contribution in [-0.2, 0) is 4.74 Å². The Labute approximate surface area is 131 Å². The average Bonchev–Trinajstić information content (AvgIpc) is 2.87. The second-order valence-electron chi connectivity index (χ2n) is 4.21. The summed E-state index contributed by atoms with van der Waals surface area (Å²) < 4.78 is 5.97. The van der Waals surface area contributed by atoms with Crippen LogP contribution in [0.5, 0.6) is 0 Å². The number of rotatable bonds is 9. The van der Waals surface area contributed by atoms with Crippen LogP contribution >= 0.6 is 33.9 Å². The number of hydrogen-bond acceptors (Lipinski definition) is 4. The fourth-order valence-electron chi connectivity index (χ4n) is 1.61. The number of halogens is 1. The molecule has 19 heavy (non-hydrogen) atoms. The van der Waals surface area contributed by atoms with Gasteiger partial charge in [0.15, 0.2) is 6.29 Å². The molecular weight excluding hydrogens is 377 g/mol. The molecule has 0 radical (unpaired) electrons. The minimum absolute atomic E-state index is 0.103. The molecule has 0 aliphatic heterocycles. The van der Waals surface area contributed by atoms with Crippen molar-refractivity contribution in [3.63, 3.8) is 0 Å². The minimum atomic E-state index is -0.103. The largest absolute Gasteiger partial charge is 0.371 e. The number of hydrogen-bond donors (Lipinski definition) is 1. The minimum Gasteiger partial charge on any atom is -0.371 e. The summed E-state index contributed by atoms with van der Waals surface area (Å²) in [4.78, 5) is 23.6. The quantitative estimate of drug-likeness (QED) is 0.302. The molecule has 0 fully saturated rings. The van der Waals surface area contributed by atoms with Crippen molar-refractivity contribution in [2.24, 2.45) is 0 Å². The van der Waals surface area contributed by atoms with Gasteiger partial charge >= 0.3 is 0 Å². The summed E-state index contributed by atoms with van der Waals surface area (Å²) in [6.45, 7) is 2.77. The van der Waals surface area contributed by atoms with Crippen LogP contribution in [0.4, 0.5) is 0 Å². The van der Waals surface area contributed by atoms with Crippen LogP contribution in [0.1, 0.15) is 45.5 Å². The molecule has 0 aromatic carbocycles. The van der Waals surface area contributed by atoms with Crippen LogP contribution < -0.4 is 5.32 Å². The van der Waals surface area contributed by atoms with E-state index in [0.29, 0.717) is 9.75 Å². The summed E-state index contributed by atoms with van der Waals surface area (Å²) in [6.07, 6.45) is 3.74. The van der Waals surface area contributed by atoms with Gasteiger partial charge in [-0.05, 0) is 38.3 Å². The lowest BCUT2D eigenvalue weighted by molar-refractivity contribution is 0.0941. The van der Waals surface area contributed by atoms with Gasteiger partial charge in [0.2, 0.25) is 0 Å². The van der Waals surface area contributed by atoms with Crippen molar-refractivity contribution in [3.8, 4) is 0 Å². The average molecular weight is 395 g/mol. The van der Waals surface area contributed by atoms with E-state index < -0.39 is 0 Å². The molecule has 1 aromatic rings. The molecule has 0 saturated heterocycles. The van der Waals surface area contributed by atoms with Crippen LogP contribution in [0.25, 0.3) is 0 Å². The number of ether oxygens (including phenoxy) is 1. The van der Waals surface area contributed by atoms with Crippen molar-refractivity contribution in [1.82, 2.24) is 5.32 Å². The molecule has 0 spiro atoms. The second kappa shape index (κ2) is 9.44. The zero-order valence-corrected chi connectivity index (χ0v) is 13.8. The molecule has 1 atom stereocenters. The fourth-order valence-corrected chi connectivity index (χ4v) is 2.65. The van der Waals surface area contributed by atoms with Crippen LogP contribution in [0, 0.1) is 0 Å². The molecular formula is C13H18INO3S. The first kappa shape index (κ1) is 16.6. The smallest absolute Gasteiger partial charge is 0.261 e. The van der Waals surface area contributed by atoms with E-state index in [-0.39, 0.29) is 11.9 Å². The monoisotopic (exact) mass is 395 g/mol. The lowest BCUT2D eigenvalue weighted by Gasteiger charge is -2.12. The first-order valence-electron chi connectivity index (χ1n) is 6.17. The number of amides is 1. The normalized spacial score (nSPS) is 12.1. The highest BCUT2D eigenvalue weighted by Crippen LogP contribution is 2.14. The van der Waals surface area contributed by atoms with Crippen molar-refractivity contribution in [3.05, 3.63) is 21.9 Å². The molecule has 6 heteroatoms. The fraction of sp³-hybridized carbons (Fsp3) is 0.538. The standard InChI is InChI=1S/C13H18INO3S/c1-10(4-2-3-7-18-9-14)15-13(17)12-6-5-11(8-16)19-12/h5-6,8,10H,2-4,7,9H2,1H3,(H,15,17)/t10-/m1/s1.